The Bertz CT molecular complexity index is 462. The fourth-order valence-electron chi connectivity index (χ4n) is 2.49. The molecule has 1 fully saturated rings. The van der Waals surface area contributed by atoms with E-state index in [2.05, 4.69) is 11.9 Å². The number of nitrogens with zero attached hydrogens (tertiary/aromatic N) is 1. The number of esters is 1. The van der Waals surface area contributed by atoms with Gasteiger partial charge in [-0.1, -0.05) is 6.92 Å². The summed E-state index contributed by atoms with van der Waals surface area (Å²) in [5, 5.41) is 0.889. The summed E-state index contributed by atoms with van der Waals surface area (Å²) < 4.78 is 5.02. The fraction of sp³-hybridized carbons (Fsp3) is 0.714. The maximum atomic E-state index is 11.8. The molecule has 1 saturated carbocycles. The van der Waals surface area contributed by atoms with Crippen molar-refractivity contribution in [3.63, 3.8) is 0 Å². The van der Waals surface area contributed by atoms with Gasteiger partial charge in [0.2, 0.25) is 0 Å². The maximum absolute atomic E-state index is 11.8. The van der Waals surface area contributed by atoms with Crippen molar-refractivity contribution in [1.82, 2.24) is 4.98 Å². The molecule has 0 aliphatic heterocycles. The lowest BCUT2D eigenvalue weighted by molar-refractivity contribution is 0.0519. The number of ether oxygens (including phenoxy) is 1. The number of aryl methyl sites for hydroxylation is 1. The molecule has 0 aromatic carbocycles. The van der Waals surface area contributed by atoms with Gasteiger partial charge in [-0.05, 0) is 45.4 Å². The molecule has 1 aromatic heterocycles. The van der Waals surface area contributed by atoms with Crippen LogP contribution < -0.4 is 5.73 Å². The van der Waals surface area contributed by atoms with Crippen LogP contribution >= 0.6 is 11.3 Å². The van der Waals surface area contributed by atoms with Gasteiger partial charge in [-0.3, -0.25) is 0 Å². The lowest BCUT2D eigenvalue weighted by atomic mass is 9.78. The predicted octanol–water partition coefficient (Wildman–Crippen LogP) is 2.99. The van der Waals surface area contributed by atoms with Crippen molar-refractivity contribution >= 4 is 17.3 Å². The average molecular weight is 282 g/mol. The van der Waals surface area contributed by atoms with E-state index in [0.717, 1.165) is 41.5 Å². The van der Waals surface area contributed by atoms with E-state index in [1.807, 2.05) is 6.92 Å². The molecule has 0 unspecified atom stereocenters. The van der Waals surface area contributed by atoms with E-state index >= 15 is 0 Å². The van der Waals surface area contributed by atoms with Crippen LogP contribution in [0, 0.1) is 12.8 Å². The topological polar surface area (TPSA) is 65.2 Å². The van der Waals surface area contributed by atoms with E-state index < -0.39 is 0 Å². The van der Waals surface area contributed by atoms with Gasteiger partial charge in [0.15, 0.2) is 5.69 Å². The van der Waals surface area contributed by atoms with Gasteiger partial charge in [-0.25, -0.2) is 9.78 Å². The smallest absolute Gasteiger partial charge is 0.358 e. The van der Waals surface area contributed by atoms with Crippen molar-refractivity contribution in [3.05, 3.63) is 15.6 Å². The standard InChI is InChI=1S/C14H22N2O2S/c1-4-18-12(17)11-10(3)19-13(16-11)14(15)7-5-9(2)6-8-14/h9H,4-8,15H2,1-3H3. The molecule has 106 valence electrons. The Morgan fingerprint density at radius 1 is 1.53 bits per heavy atom. The molecular formula is C14H22N2O2S. The number of aromatic nitrogens is 1. The maximum Gasteiger partial charge on any atom is 0.358 e. The summed E-state index contributed by atoms with van der Waals surface area (Å²) in [6.07, 6.45) is 4.15. The van der Waals surface area contributed by atoms with E-state index in [0.29, 0.717) is 12.3 Å². The number of hydrogen-bond donors (Lipinski definition) is 1. The molecule has 2 rings (SSSR count). The molecule has 1 heterocycles. The minimum Gasteiger partial charge on any atom is -0.461 e. The summed E-state index contributed by atoms with van der Waals surface area (Å²) in [6.45, 7) is 6.34. The first kappa shape index (κ1) is 14.5. The van der Waals surface area contributed by atoms with Crippen molar-refractivity contribution in [2.45, 2.75) is 52.0 Å². The van der Waals surface area contributed by atoms with Crippen LogP contribution in [0.1, 0.15) is 59.9 Å². The number of carbonyl (C=O) groups is 1. The lowest BCUT2D eigenvalue weighted by Crippen LogP contribution is -2.40. The van der Waals surface area contributed by atoms with Gasteiger partial charge >= 0.3 is 5.97 Å². The lowest BCUT2D eigenvalue weighted by Gasteiger charge is -2.34. The quantitative estimate of drug-likeness (QED) is 0.866. The van der Waals surface area contributed by atoms with Crippen LogP contribution in [-0.2, 0) is 10.3 Å². The molecule has 1 aliphatic carbocycles. The molecule has 4 nitrogen and oxygen atoms in total. The van der Waals surface area contributed by atoms with E-state index in [9.17, 15) is 4.79 Å². The molecule has 0 saturated heterocycles. The first-order valence-corrected chi connectivity index (χ1v) is 7.72. The molecular weight excluding hydrogens is 260 g/mol. The number of hydrogen-bond acceptors (Lipinski definition) is 5. The van der Waals surface area contributed by atoms with Crippen molar-refractivity contribution < 1.29 is 9.53 Å². The van der Waals surface area contributed by atoms with Crippen LogP contribution in [0.5, 0.6) is 0 Å². The van der Waals surface area contributed by atoms with Crippen LogP contribution in [0.3, 0.4) is 0 Å². The Balaban J connectivity index is 2.22. The number of thiazole rings is 1. The van der Waals surface area contributed by atoms with Crippen LogP contribution in [-0.4, -0.2) is 17.6 Å². The first-order chi connectivity index (χ1) is 8.96. The Kier molecular flexibility index (Phi) is 4.26. The van der Waals surface area contributed by atoms with Gasteiger partial charge in [0.1, 0.15) is 5.01 Å². The van der Waals surface area contributed by atoms with Crippen molar-refractivity contribution in [2.75, 3.05) is 6.61 Å². The third-order valence-corrected chi connectivity index (χ3v) is 5.05. The Morgan fingerprint density at radius 3 is 2.74 bits per heavy atom. The van der Waals surface area contributed by atoms with Crippen LogP contribution in [0.4, 0.5) is 0 Å². The van der Waals surface area contributed by atoms with Gasteiger partial charge < -0.3 is 10.5 Å². The highest BCUT2D eigenvalue weighted by molar-refractivity contribution is 7.12. The number of nitrogens with two attached hydrogens (primary N) is 1. The second kappa shape index (κ2) is 5.59. The van der Waals surface area contributed by atoms with Crippen LogP contribution in [0.2, 0.25) is 0 Å². The predicted molar refractivity (Wildman–Crippen MR) is 76.3 cm³/mol. The monoisotopic (exact) mass is 282 g/mol. The first-order valence-electron chi connectivity index (χ1n) is 6.90. The third kappa shape index (κ3) is 2.98. The summed E-state index contributed by atoms with van der Waals surface area (Å²) in [5.41, 5.74) is 6.58. The third-order valence-electron chi connectivity index (χ3n) is 3.86. The Morgan fingerprint density at radius 2 is 2.16 bits per heavy atom. The van der Waals surface area contributed by atoms with E-state index in [4.69, 9.17) is 10.5 Å². The highest BCUT2D eigenvalue weighted by Gasteiger charge is 2.35. The SMILES string of the molecule is CCOC(=O)c1nc(C2(N)CCC(C)CC2)sc1C. The van der Waals surface area contributed by atoms with Crippen molar-refractivity contribution in [2.24, 2.45) is 11.7 Å². The van der Waals surface area contributed by atoms with Gasteiger partial charge in [-0.15, -0.1) is 11.3 Å². The zero-order valence-electron chi connectivity index (χ0n) is 11.9. The minimum absolute atomic E-state index is 0.338. The number of carbonyl (C=O) groups excluding carboxylic acids is 1. The summed E-state index contributed by atoms with van der Waals surface area (Å²) in [7, 11) is 0. The molecule has 0 bridgehead atoms. The summed E-state index contributed by atoms with van der Waals surface area (Å²) >= 11 is 1.54. The molecule has 0 atom stereocenters. The minimum atomic E-state index is -0.354. The van der Waals surface area contributed by atoms with E-state index in [-0.39, 0.29) is 11.5 Å². The Hall–Kier alpha value is -0.940. The molecule has 0 radical (unpaired) electrons. The van der Waals surface area contributed by atoms with Crippen molar-refractivity contribution in [1.29, 1.82) is 0 Å². The second-order valence-electron chi connectivity index (χ2n) is 5.48. The largest absolute Gasteiger partial charge is 0.461 e. The van der Waals surface area contributed by atoms with Crippen LogP contribution in [0.25, 0.3) is 0 Å². The molecule has 1 aliphatic rings. The van der Waals surface area contributed by atoms with Crippen LogP contribution in [0.15, 0.2) is 0 Å². The number of rotatable bonds is 3. The molecule has 1 aromatic rings. The van der Waals surface area contributed by atoms with Gasteiger partial charge in [0, 0.05) is 4.88 Å². The highest BCUT2D eigenvalue weighted by Crippen LogP contribution is 2.39. The molecule has 2 N–H and O–H groups in total. The molecule has 0 spiro atoms. The van der Waals surface area contributed by atoms with E-state index in [1.54, 1.807) is 6.92 Å². The zero-order chi connectivity index (χ0) is 14.0. The Labute approximate surface area is 118 Å². The molecule has 19 heavy (non-hydrogen) atoms. The fourth-order valence-corrected chi connectivity index (χ4v) is 3.55. The summed E-state index contributed by atoms with van der Waals surface area (Å²) in [4.78, 5) is 17.2. The van der Waals surface area contributed by atoms with Gasteiger partial charge in [0.25, 0.3) is 0 Å². The second-order valence-corrected chi connectivity index (χ2v) is 6.69. The normalized spacial score (nSPS) is 27.3. The highest BCUT2D eigenvalue weighted by atomic mass is 32.1. The zero-order valence-corrected chi connectivity index (χ0v) is 12.7. The van der Waals surface area contributed by atoms with Crippen molar-refractivity contribution in [3.8, 4) is 0 Å². The van der Waals surface area contributed by atoms with E-state index in [1.165, 1.54) is 11.3 Å². The van der Waals surface area contributed by atoms with Gasteiger partial charge in [-0.2, -0.15) is 0 Å². The average Bonchev–Trinajstić information content (AvgIpc) is 2.76. The molecule has 0 amide bonds. The van der Waals surface area contributed by atoms with Gasteiger partial charge in [0.05, 0.1) is 12.1 Å². The summed E-state index contributed by atoms with van der Waals surface area (Å²) in [5.74, 6) is 0.400. The molecule has 5 heteroatoms. The summed E-state index contributed by atoms with van der Waals surface area (Å²) in [6, 6.07) is 0.